The molecule has 1 aromatic heterocycles. The Morgan fingerprint density at radius 3 is 2.30 bits per heavy atom. The molecule has 1 heterocycles. The van der Waals surface area contributed by atoms with Crippen LogP contribution in [0.25, 0.3) is 0 Å². The molecule has 27 heavy (non-hydrogen) atoms. The SMILES string of the molecule is CC(C)(C)N(Cc1ccccc1)C(=O)COC(=O)c1ncc(Cl)c(Cl)c1Cl. The molecule has 5 nitrogen and oxygen atoms in total. The van der Waals surface area contributed by atoms with E-state index in [1.165, 1.54) is 6.20 Å². The summed E-state index contributed by atoms with van der Waals surface area (Å²) < 4.78 is 5.10. The van der Waals surface area contributed by atoms with E-state index in [9.17, 15) is 9.59 Å². The Hall–Kier alpha value is -1.82. The predicted molar refractivity (Wildman–Crippen MR) is 106 cm³/mol. The van der Waals surface area contributed by atoms with E-state index in [0.29, 0.717) is 6.54 Å². The second-order valence-electron chi connectivity index (χ2n) is 6.80. The summed E-state index contributed by atoms with van der Waals surface area (Å²) in [5.74, 6) is -1.18. The smallest absolute Gasteiger partial charge is 0.359 e. The third-order valence-corrected chi connectivity index (χ3v) is 4.97. The zero-order chi connectivity index (χ0) is 20.2. The van der Waals surface area contributed by atoms with Crippen LogP contribution in [0, 0.1) is 0 Å². The summed E-state index contributed by atoms with van der Waals surface area (Å²) in [5.41, 5.74) is 0.323. The topological polar surface area (TPSA) is 59.5 Å². The fourth-order valence-electron chi connectivity index (χ4n) is 2.32. The van der Waals surface area contributed by atoms with Crippen molar-refractivity contribution in [2.75, 3.05) is 6.61 Å². The molecule has 8 heteroatoms. The van der Waals surface area contributed by atoms with E-state index < -0.39 is 18.1 Å². The third-order valence-electron chi connectivity index (χ3n) is 3.73. The molecule has 0 aliphatic rings. The highest BCUT2D eigenvalue weighted by molar-refractivity contribution is 6.48. The second kappa shape index (κ2) is 8.91. The van der Waals surface area contributed by atoms with E-state index >= 15 is 0 Å². The number of benzene rings is 1. The van der Waals surface area contributed by atoms with Crippen LogP contribution >= 0.6 is 34.8 Å². The van der Waals surface area contributed by atoms with Gasteiger partial charge in [-0.15, -0.1) is 0 Å². The van der Waals surface area contributed by atoms with Crippen LogP contribution in [-0.2, 0) is 16.1 Å². The zero-order valence-corrected chi connectivity index (χ0v) is 17.4. The van der Waals surface area contributed by atoms with Crippen molar-refractivity contribution in [3.05, 3.63) is 62.9 Å². The van der Waals surface area contributed by atoms with Crippen molar-refractivity contribution >= 4 is 46.7 Å². The summed E-state index contributed by atoms with van der Waals surface area (Å²) in [6.07, 6.45) is 1.20. The Morgan fingerprint density at radius 1 is 1.07 bits per heavy atom. The maximum atomic E-state index is 12.7. The Kier molecular flexibility index (Phi) is 7.09. The van der Waals surface area contributed by atoms with Crippen LogP contribution in [-0.4, -0.2) is 33.9 Å². The number of ether oxygens (including phenoxy) is 1. The van der Waals surface area contributed by atoms with Crippen molar-refractivity contribution < 1.29 is 14.3 Å². The summed E-state index contributed by atoms with van der Waals surface area (Å²) in [4.78, 5) is 30.4. The Balaban J connectivity index is 2.09. The average molecular weight is 430 g/mol. The van der Waals surface area contributed by atoms with Gasteiger partial charge >= 0.3 is 5.97 Å². The van der Waals surface area contributed by atoms with E-state index in [-0.39, 0.29) is 26.7 Å². The van der Waals surface area contributed by atoms with Crippen LogP contribution in [0.1, 0.15) is 36.8 Å². The molecule has 0 aliphatic carbocycles. The van der Waals surface area contributed by atoms with Crippen LogP contribution in [0.4, 0.5) is 0 Å². The van der Waals surface area contributed by atoms with E-state index in [1.54, 1.807) is 4.90 Å². The lowest BCUT2D eigenvalue weighted by molar-refractivity contribution is -0.140. The van der Waals surface area contributed by atoms with Crippen molar-refractivity contribution in [2.45, 2.75) is 32.9 Å². The number of carbonyl (C=O) groups is 2. The van der Waals surface area contributed by atoms with Crippen LogP contribution in [0.2, 0.25) is 15.1 Å². The lowest BCUT2D eigenvalue weighted by Crippen LogP contribution is -2.46. The first-order valence-electron chi connectivity index (χ1n) is 8.12. The molecule has 0 fully saturated rings. The lowest BCUT2D eigenvalue weighted by Gasteiger charge is -2.35. The third kappa shape index (κ3) is 5.58. The molecule has 1 amide bonds. The number of nitrogens with zero attached hydrogens (tertiary/aromatic N) is 2. The highest BCUT2D eigenvalue weighted by Crippen LogP contribution is 2.31. The lowest BCUT2D eigenvalue weighted by atomic mass is 10.0. The molecule has 2 rings (SSSR count). The van der Waals surface area contributed by atoms with Gasteiger partial charge < -0.3 is 9.64 Å². The van der Waals surface area contributed by atoms with Crippen molar-refractivity contribution in [1.82, 2.24) is 9.88 Å². The molecule has 0 spiro atoms. The monoisotopic (exact) mass is 428 g/mol. The van der Waals surface area contributed by atoms with Gasteiger partial charge in [-0.1, -0.05) is 65.1 Å². The molecule has 144 valence electrons. The summed E-state index contributed by atoms with van der Waals surface area (Å²) in [7, 11) is 0. The predicted octanol–water partition coefficient (Wildman–Crippen LogP) is 5.03. The minimum Gasteiger partial charge on any atom is -0.451 e. The summed E-state index contributed by atoms with van der Waals surface area (Å²) in [5, 5.41) is 0.0154. The minimum atomic E-state index is -0.847. The van der Waals surface area contributed by atoms with Crippen molar-refractivity contribution in [1.29, 1.82) is 0 Å². The van der Waals surface area contributed by atoms with Gasteiger partial charge in [-0.05, 0) is 26.3 Å². The molecular formula is C19H19Cl3N2O3. The summed E-state index contributed by atoms with van der Waals surface area (Å²) in [6, 6.07) is 9.56. The van der Waals surface area contributed by atoms with Crippen LogP contribution in [0.5, 0.6) is 0 Å². The van der Waals surface area contributed by atoms with E-state index in [0.717, 1.165) is 5.56 Å². The molecule has 0 radical (unpaired) electrons. The van der Waals surface area contributed by atoms with Gasteiger partial charge in [0.1, 0.15) is 0 Å². The molecule has 2 aromatic rings. The maximum Gasteiger partial charge on any atom is 0.359 e. The number of rotatable bonds is 5. The summed E-state index contributed by atoms with van der Waals surface area (Å²) in [6.45, 7) is 5.68. The average Bonchev–Trinajstić information content (AvgIpc) is 2.62. The van der Waals surface area contributed by atoms with Gasteiger partial charge in [-0.3, -0.25) is 4.79 Å². The standard InChI is InChI=1S/C19H19Cl3N2O3/c1-19(2,3)24(10-12-7-5-4-6-8-12)14(25)11-27-18(26)17-16(22)15(21)13(20)9-23-17/h4-9H,10-11H2,1-3H3. The number of hydrogen-bond acceptors (Lipinski definition) is 4. The Labute approximate surface area is 173 Å². The highest BCUT2D eigenvalue weighted by atomic mass is 35.5. The molecule has 0 aliphatic heterocycles. The molecule has 0 unspecified atom stereocenters. The van der Waals surface area contributed by atoms with Gasteiger partial charge in [-0.2, -0.15) is 0 Å². The van der Waals surface area contributed by atoms with E-state index in [1.807, 2.05) is 51.1 Å². The van der Waals surface area contributed by atoms with Crippen LogP contribution in [0.3, 0.4) is 0 Å². The van der Waals surface area contributed by atoms with E-state index in [4.69, 9.17) is 39.5 Å². The molecular weight excluding hydrogens is 411 g/mol. The van der Waals surface area contributed by atoms with Crippen molar-refractivity contribution in [2.24, 2.45) is 0 Å². The first kappa shape index (κ1) is 21.5. The first-order chi connectivity index (χ1) is 12.6. The number of carbonyl (C=O) groups excluding carboxylic acids is 2. The van der Waals surface area contributed by atoms with Gasteiger partial charge in [-0.25, -0.2) is 9.78 Å². The largest absolute Gasteiger partial charge is 0.451 e. The molecule has 0 N–H and O–H groups in total. The molecule has 0 saturated carbocycles. The number of esters is 1. The summed E-state index contributed by atoms with van der Waals surface area (Å²) >= 11 is 17.7. The van der Waals surface area contributed by atoms with Crippen LogP contribution in [0.15, 0.2) is 36.5 Å². The molecule has 0 atom stereocenters. The van der Waals surface area contributed by atoms with Crippen molar-refractivity contribution in [3.8, 4) is 0 Å². The fraction of sp³-hybridized carbons (Fsp3) is 0.316. The minimum absolute atomic E-state index is 0.00649. The molecule has 0 saturated heterocycles. The second-order valence-corrected chi connectivity index (χ2v) is 7.96. The number of hydrogen-bond donors (Lipinski definition) is 0. The number of pyridine rings is 1. The van der Waals surface area contributed by atoms with Gasteiger partial charge in [0.15, 0.2) is 12.3 Å². The van der Waals surface area contributed by atoms with Gasteiger partial charge in [0, 0.05) is 18.3 Å². The normalized spacial score (nSPS) is 11.2. The first-order valence-corrected chi connectivity index (χ1v) is 9.25. The van der Waals surface area contributed by atoms with Crippen LogP contribution < -0.4 is 0 Å². The molecule has 0 bridgehead atoms. The quantitative estimate of drug-likeness (QED) is 0.626. The zero-order valence-electron chi connectivity index (χ0n) is 15.1. The Morgan fingerprint density at radius 2 is 1.70 bits per heavy atom. The molecule has 1 aromatic carbocycles. The number of halogens is 3. The highest BCUT2D eigenvalue weighted by Gasteiger charge is 2.28. The van der Waals surface area contributed by atoms with Gasteiger partial charge in [0.2, 0.25) is 0 Å². The fourth-order valence-corrected chi connectivity index (χ4v) is 2.88. The number of amides is 1. The van der Waals surface area contributed by atoms with Crippen molar-refractivity contribution in [3.63, 3.8) is 0 Å². The van der Waals surface area contributed by atoms with E-state index in [2.05, 4.69) is 4.98 Å². The maximum absolute atomic E-state index is 12.7. The number of aromatic nitrogens is 1. The van der Waals surface area contributed by atoms with Gasteiger partial charge in [0.05, 0.1) is 15.1 Å². The van der Waals surface area contributed by atoms with Gasteiger partial charge in [0.25, 0.3) is 5.91 Å². The Bertz CT molecular complexity index is 836.